The van der Waals surface area contributed by atoms with E-state index in [9.17, 15) is 24.5 Å². The monoisotopic (exact) mass is 510 g/mol. The number of alkyl carbamates (subject to hydrolysis) is 1. The average molecular weight is 511 g/mol. The summed E-state index contributed by atoms with van der Waals surface area (Å²) in [6, 6.07) is 21.6. The van der Waals surface area contributed by atoms with Crippen molar-refractivity contribution in [2.75, 3.05) is 5.75 Å². The molecule has 1 atom stereocenters. The molecule has 1 N–H and O–H groups in total. The maximum absolute atomic E-state index is 12.7. The number of nitrogens with one attached hydrogen (secondary N) is 1. The summed E-state index contributed by atoms with van der Waals surface area (Å²) in [4.78, 5) is 47.5. The lowest BCUT2D eigenvalue weighted by Crippen LogP contribution is -2.45. The van der Waals surface area contributed by atoms with Crippen molar-refractivity contribution in [1.82, 2.24) is 5.32 Å². The highest BCUT2D eigenvalue weighted by Crippen LogP contribution is 2.19. The number of amides is 1. The third-order valence-electron chi connectivity index (χ3n) is 4.62. The Hall–Kier alpha value is -4.38. The second-order valence-corrected chi connectivity index (χ2v) is 8.22. The van der Waals surface area contributed by atoms with Crippen LogP contribution in [0.25, 0.3) is 0 Å². The number of nitro groups is 1. The molecule has 0 bridgehead atoms. The first-order valence-electron chi connectivity index (χ1n) is 10.7. The smallest absolute Gasteiger partial charge is 0.408 e. The summed E-state index contributed by atoms with van der Waals surface area (Å²) in [5.41, 5.74) is 1.37. The van der Waals surface area contributed by atoms with Gasteiger partial charge in [-0.2, -0.15) is 0 Å². The van der Waals surface area contributed by atoms with Gasteiger partial charge >= 0.3 is 17.4 Å². The van der Waals surface area contributed by atoms with Crippen molar-refractivity contribution in [3.05, 3.63) is 106 Å². The molecule has 1 amide bonds. The van der Waals surface area contributed by atoms with Crippen molar-refractivity contribution in [2.24, 2.45) is 0 Å². The summed E-state index contributed by atoms with van der Waals surface area (Å²) in [6.07, 6.45) is -0.886. The summed E-state index contributed by atoms with van der Waals surface area (Å²) in [5, 5.41) is 12.6. The van der Waals surface area contributed by atoms with E-state index in [1.54, 1.807) is 36.4 Å². The van der Waals surface area contributed by atoms with Gasteiger partial charge in [0.25, 0.3) is 5.69 Å². The molecule has 0 aromatic heterocycles. The molecular formula is C25H22N2O8S. The lowest BCUT2D eigenvalue weighted by Gasteiger charge is -2.17. The Balaban J connectivity index is 1.59. The van der Waals surface area contributed by atoms with Crippen LogP contribution in [0.1, 0.15) is 11.1 Å². The molecule has 186 valence electrons. The molecule has 3 aromatic carbocycles. The summed E-state index contributed by atoms with van der Waals surface area (Å²) >= 11 is 0.684. The third kappa shape index (κ3) is 8.76. The number of esters is 1. The van der Waals surface area contributed by atoms with E-state index < -0.39 is 28.3 Å². The lowest BCUT2D eigenvalue weighted by molar-refractivity contribution is -0.384. The van der Waals surface area contributed by atoms with Crippen molar-refractivity contribution in [3.63, 3.8) is 0 Å². The zero-order chi connectivity index (χ0) is 25.8. The Labute approximate surface area is 210 Å². The Morgan fingerprint density at radius 2 is 1.39 bits per heavy atom. The first-order chi connectivity index (χ1) is 17.4. The van der Waals surface area contributed by atoms with E-state index in [0.717, 1.165) is 11.1 Å². The molecule has 0 saturated heterocycles. The zero-order valence-corrected chi connectivity index (χ0v) is 19.7. The van der Waals surface area contributed by atoms with Crippen LogP contribution in [0.4, 0.5) is 15.3 Å². The van der Waals surface area contributed by atoms with Gasteiger partial charge in [0.05, 0.1) is 4.92 Å². The van der Waals surface area contributed by atoms with Crippen LogP contribution in [-0.2, 0) is 27.5 Å². The second-order valence-electron chi connectivity index (χ2n) is 7.27. The fourth-order valence-electron chi connectivity index (χ4n) is 2.81. The number of nitro benzene ring substituents is 1. The molecule has 36 heavy (non-hydrogen) atoms. The van der Waals surface area contributed by atoms with Crippen LogP contribution in [0.15, 0.2) is 84.9 Å². The minimum atomic E-state index is -1.27. The molecule has 0 saturated carbocycles. The molecular weight excluding hydrogens is 488 g/mol. The summed E-state index contributed by atoms with van der Waals surface area (Å²) in [7, 11) is 0. The predicted molar refractivity (Wildman–Crippen MR) is 131 cm³/mol. The zero-order valence-electron chi connectivity index (χ0n) is 18.9. The lowest BCUT2D eigenvalue weighted by atomic mass is 10.2. The number of non-ortho nitro benzene ring substituents is 1. The van der Waals surface area contributed by atoms with Crippen molar-refractivity contribution < 1.29 is 33.5 Å². The molecule has 0 aliphatic rings. The van der Waals surface area contributed by atoms with E-state index in [1.807, 2.05) is 24.3 Å². The van der Waals surface area contributed by atoms with Gasteiger partial charge in [-0.3, -0.25) is 10.1 Å². The largest absolute Gasteiger partial charge is 0.453 e. The molecule has 0 aliphatic heterocycles. The molecule has 11 heteroatoms. The number of nitrogens with zero attached hydrogens (tertiary/aromatic N) is 1. The Morgan fingerprint density at radius 1 is 0.833 bits per heavy atom. The highest BCUT2D eigenvalue weighted by Gasteiger charge is 2.26. The first kappa shape index (κ1) is 26.2. The number of ether oxygens (including phenoxy) is 3. The Bertz CT molecular complexity index is 1170. The highest BCUT2D eigenvalue weighted by molar-refractivity contribution is 8.13. The number of hydrogen-bond donors (Lipinski definition) is 1. The number of rotatable bonds is 10. The van der Waals surface area contributed by atoms with Crippen LogP contribution in [0.5, 0.6) is 5.75 Å². The molecule has 10 nitrogen and oxygen atoms in total. The molecule has 0 unspecified atom stereocenters. The molecule has 3 rings (SSSR count). The fourth-order valence-corrected chi connectivity index (χ4v) is 3.47. The SMILES string of the molecule is O=C(N[C@@H](CSC(=O)OCc1ccccc1)C(=O)Oc1ccc([N+](=O)[O-])cc1)OCc1ccccc1. The number of thioether (sulfide) groups is 1. The molecule has 0 heterocycles. The van der Waals surface area contributed by atoms with E-state index in [1.165, 1.54) is 24.3 Å². The summed E-state index contributed by atoms with van der Waals surface area (Å²) in [5.74, 6) is -1.05. The third-order valence-corrected chi connectivity index (χ3v) is 5.48. The van der Waals surface area contributed by atoms with Crippen LogP contribution in [0.2, 0.25) is 0 Å². The van der Waals surface area contributed by atoms with Gasteiger partial charge < -0.3 is 19.5 Å². The van der Waals surface area contributed by atoms with Gasteiger partial charge in [0.2, 0.25) is 0 Å². The summed E-state index contributed by atoms with van der Waals surface area (Å²) in [6.45, 7) is 0.0280. The predicted octanol–water partition coefficient (Wildman–Crippen LogP) is 4.87. The van der Waals surface area contributed by atoms with Crippen LogP contribution in [-0.4, -0.2) is 34.1 Å². The quantitative estimate of drug-likeness (QED) is 0.175. The Kier molecular flexibility index (Phi) is 9.83. The standard InChI is InChI=1S/C25H22N2O8S/c28-23(35-21-13-11-20(12-14-21)27(31)32)22(26-24(29)33-15-18-7-3-1-4-8-18)17-36-25(30)34-16-19-9-5-2-6-10-19/h1-14,22H,15-17H2,(H,26,29)/t22-/m0/s1. The number of carbonyl (C=O) groups excluding carboxylic acids is 3. The van der Waals surface area contributed by atoms with Crippen molar-refractivity contribution in [1.29, 1.82) is 0 Å². The van der Waals surface area contributed by atoms with Crippen LogP contribution >= 0.6 is 11.8 Å². The van der Waals surface area contributed by atoms with Crippen molar-refractivity contribution in [3.8, 4) is 5.75 Å². The molecule has 3 aromatic rings. The first-order valence-corrected chi connectivity index (χ1v) is 11.7. The maximum Gasteiger partial charge on any atom is 0.408 e. The second kappa shape index (κ2) is 13.5. The van der Waals surface area contributed by atoms with Crippen molar-refractivity contribution >= 4 is 34.8 Å². The Morgan fingerprint density at radius 3 is 1.94 bits per heavy atom. The van der Waals surface area contributed by atoms with Crippen LogP contribution in [0, 0.1) is 10.1 Å². The van der Waals surface area contributed by atoms with Gasteiger partial charge in [-0.1, -0.05) is 60.7 Å². The van der Waals surface area contributed by atoms with Gasteiger partial charge in [0, 0.05) is 17.9 Å². The normalized spacial score (nSPS) is 11.1. The van der Waals surface area contributed by atoms with Crippen molar-refractivity contribution in [2.45, 2.75) is 19.3 Å². The van der Waals surface area contributed by atoms with E-state index in [0.29, 0.717) is 11.8 Å². The molecule has 0 fully saturated rings. The van der Waals surface area contributed by atoms with E-state index in [2.05, 4.69) is 5.32 Å². The summed E-state index contributed by atoms with van der Waals surface area (Å²) < 4.78 is 15.6. The molecule has 0 radical (unpaired) electrons. The van der Waals surface area contributed by atoms with E-state index in [-0.39, 0.29) is 30.4 Å². The minimum absolute atomic E-state index is 0.0247. The van der Waals surface area contributed by atoms with E-state index in [4.69, 9.17) is 14.2 Å². The minimum Gasteiger partial charge on any atom is -0.453 e. The molecule has 0 spiro atoms. The topological polar surface area (TPSA) is 134 Å². The fraction of sp³-hybridized carbons (Fsp3) is 0.160. The van der Waals surface area contributed by atoms with E-state index >= 15 is 0 Å². The van der Waals surface area contributed by atoms with Gasteiger partial charge in [-0.25, -0.2) is 14.4 Å². The highest BCUT2D eigenvalue weighted by atomic mass is 32.2. The van der Waals surface area contributed by atoms with Gasteiger partial charge in [-0.05, 0) is 35.0 Å². The average Bonchev–Trinajstić information content (AvgIpc) is 2.90. The van der Waals surface area contributed by atoms with Gasteiger partial charge in [-0.15, -0.1) is 0 Å². The molecule has 0 aliphatic carbocycles. The van der Waals surface area contributed by atoms with Gasteiger partial charge in [0.1, 0.15) is 25.0 Å². The van der Waals surface area contributed by atoms with Crippen LogP contribution in [0.3, 0.4) is 0 Å². The number of benzene rings is 3. The maximum atomic E-state index is 12.7. The van der Waals surface area contributed by atoms with Gasteiger partial charge in [0.15, 0.2) is 0 Å². The van der Waals surface area contributed by atoms with Crippen LogP contribution < -0.4 is 10.1 Å². The number of carbonyl (C=O) groups is 3. The number of hydrogen-bond acceptors (Lipinski definition) is 9.